The fourth-order valence-electron chi connectivity index (χ4n) is 2.43. The first-order chi connectivity index (χ1) is 8.65. The van der Waals surface area contributed by atoms with E-state index in [2.05, 4.69) is 42.4 Å². The Bertz CT molecular complexity index is 409. The maximum absolute atomic E-state index is 12.0. The van der Waals surface area contributed by atoms with Crippen molar-refractivity contribution < 1.29 is 4.79 Å². The Balaban J connectivity index is 1.81. The van der Waals surface area contributed by atoms with Crippen molar-refractivity contribution in [2.75, 3.05) is 20.1 Å². The lowest BCUT2D eigenvalue weighted by molar-refractivity contribution is -0.126. The smallest absolute Gasteiger partial charge is 0.223 e. The highest BCUT2D eigenvalue weighted by molar-refractivity contribution is 5.78. The highest BCUT2D eigenvalue weighted by atomic mass is 16.1. The lowest BCUT2D eigenvalue weighted by Crippen LogP contribution is -2.38. The lowest BCUT2D eigenvalue weighted by atomic mass is 9.96. The second-order valence-electron chi connectivity index (χ2n) is 5.28. The molecule has 98 valence electrons. The van der Waals surface area contributed by atoms with Crippen molar-refractivity contribution in [2.45, 2.75) is 26.3 Å². The largest absolute Gasteiger partial charge is 0.352 e. The monoisotopic (exact) mass is 246 g/mol. The van der Waals surface area contributed by atoms with Gasteiger partial charge < -0.3 is 10.2 Å². The van der Waals surface area contributed by atoms with E-state index in [-0.39, 0.29) is 11.8 Å². The van der Waals surface area contributed by atoms with Gasteiger partial charge in [-0.3, -0.25) is 4.79 Å². The van der Waals surface area contributed by atoms with E-state index < -0.39 is 0 Å². The molecule has 1 aromatic rings. The SMILES string of the molecule is Cc1cccc(CNC(=O)C2CCN(C)CC2)c1. The van der Waals surface area contributed by atoms with Crippen LogP contribution in [0.3, 0.4) is 0 Å². The van der Waals surface area contributed by atoms with E-state index in [1.165, 1.54) is 11.1 Å². The van der Waals surface area contributed by atoms with Gasteiger partial charge in [-0.15, -0.1) is 0 Å². The Labute approximate surface area is 109 Å². The number of amides is 1. The Kier molecular flexibility index (Phi) is 4.37. The van der Waals surface area contributed by atoms with E-state index in [4.69, 9.17) is 0 Å². The molecule has 1 heterocycles. The molecule has 0 aromatic heterocycles. The maximum atomic E-state index is 12.0. The zero-order chi connectivity index (χ0) is 13.0. The van der Waals surface area contributed by atoms with Gasteiger partial charge in [0, 0.05) is 12.5 Å². The van der Waals surface area contributed by atoms with Crippen LogP contribution in [0.4, 0.5) is 0 Å². The van der Waals surface area contributed by atoms with Gasteiger partial charge in [-0.05, 0) is 45.5 Å². The highest BCUT2D eigenvalue weighted by Crippen LogP contribution is 2.16. The van der Waals surface area contributed by atoms with Crippen molar-refractivity contribution in [3.05, 3.63) is 35.4 Å². The van der Waals surface area contributed by atoms with E-state index >= 15 is 0 Å². The predicted molar refractivity (Wildman–Crippen MR) is 73.2 cm³/mol. The number of nitrogens with one attached hydrogen (secondary N) is 1. The van der Waals surface area contributed by atoms with Gasteiger partial charge in [-0.1, -0.05) is 29.8 Å². The van der Waals surface area contributed by atoms with Crippen molar-refractivity contribution in [2.24, 2.45) is 5.92 Å². The molecule has 3 heteroatoms. The second-order valence-corrected chi connectivity index (χ2v) is 5.28. The van der Waals surface area contributed by atoms with E-state index in [1.54, 1.807) is 0 Å². The van der Waals surface area contributed by atoms with Gasteiger partial charge in [0.15, 0.2) is 0 Å². The number of carbonyl (C=O) groups is 1. The number of hydrogen-bond acceptors (Lipinski definition) is 2. The minimum Gasteiger partial charge on any atom is -0.352 e. The summed E-state index contributed by atoms with van der Waals surface area (Å²) in [5, 5.41) is 3.05. The van der Waals surface area contributed by atoms with E-state index in [0.29, 0.717) is 6.54 Å². The van der Waals surface area contributed by atoms with Crippen molar-refractivity contribution in [1.29, 1.82) is 0 Å². The third-order valence-electron chi connectivity index (χ3n) is 3.64. The van der Waals surface area contributed by atoms with Crippen LogP contribution < -0.4 is 5.32 Å². The number of hydrogen-bond donors (Lipinski definition) is 1. The van der Waals surface area contributed by atoms with Crippen LogP contribution in [0.5, 0.6) is 0 Å². The average molecular weight is 246 g/mol. The molecule has 0 saturated carbocycles. The van der Waals surface area contributed by atoms with Crippen molar-refractivity contribution >= 4 is 5.91 Å². The number of aryl methyl sites for hydroxylation is 1. The van der Waals surface area contributed by atoms with Crippen molar-refractivity contribution in [3.8, 4) is 0 Å². The second kappa shape index (κ2) is 6.01. The standard InChI is InChI=1S/C15H22N2O/c1-12-4-3-5-13(10-12)11-16-15(18)14-6-8-17(2)9-7-14/h3-5,10,14H,6-9,11H2,1-2H3,(H,16,18). The molecule has 3 nitrogen and oxygen atoms in total. The van der Waals surface area contributed by atoms with Gasteiger partial charge in [0.2, 0.25) is 5.91 Å². The van der Waals surface area contributed by atoms with Crippen LogP contribution in [0.2, 0.25) is 0 Å². The Morgan fingerprint density at radius 2 is 2.11 bits per heavy atom. The molecule has 2 rings (SSSR count). The topological polar surface area (TPSA) is 32.3 Å². The summed E-state index contributed by atoms with van der Waals surface area (Å²) < 4.78 is 0. The number of piperidine rings is 1. The minimum atomic E-state index is 0.200. The molecule has 0 atom stereocenters. The molecule has 0 unspecified atom stereocenters. The first-order valence-electron chi connectivity index (χ1n) is 6.67. The highest BCUT2D eigenvalue weighted by Gasteiger charge is 2.22. The van der Waals surface area contributed by atoms with Crippen LogP contribution in [-0.4, -0.2) is 30.9 Å². The summed E-state index contributed by atoms with van der Waals surface area (Å²) >= 11 is 0. The Hall–Kier alpha value is -1.35. The normalized spacial score (nSPS) is 17.7. The molecule has 18 heavy (non-hydrogen) atoms. The molecule has 0 bridgehead atoms. The average Bonchev–Trinajstić information content (AvgIpc) is 2.37. The molecule has 1 N–H and O–H groups in total. The van der Waals surface area contributed by atoms with Crippen LogP contribution in [0, 0.1) is 12.8 Å². The van der Waals surface area contributed by atoms with Gasteiger partial charge in [0.1, 0.15) is 0 Å². The van der Waals surface area contributed by atoms with Gasteiger partial charge in [-0.25, -0.2) is 0 Å². The molecule has 1 aliphatic rings. The number of carbonyl (C=O) groups excluding carboxylic acids is 1. The van der Waals surface area contributed by atoms with Crippen LogP contribution >= 0.6 is 0 Å². The summed E-state index contributed by atoms with van der Waals surface area (Å²) in [6.45, 7) is 4.78. The molecule has 1 fully saturated rings. The summed E-state index contributed by atoms with van der Waals surface area (Å²) in [5.41, 5.74) is 2.41. The van der Waals surface area contributed by atoms with Crippen LogP contribution in [0.15, 0.2) is 24.3 Å². The third-order valence-corrected chi connectivity index (χ3v) is 3.64. The maximum Gasteiger partial charge on any atom is 0.223 e. The molecular formula is C15H22N2O. The molecule has 0 spiro atoms. The first kappa shape index (κ1) is 13.1. The molecule has 0 radical (unpaired) electrons. The third kappa shape index (κ3) is 3.57. The number of nitrogens with zero attached hydrogens (tertiary/aromatic N) is 1. The Morgan fingerprint density at radius 3 is 2.78 bits per heavy atom. The lowest BCUT2D eigenvalue weighted by Gasteiger charge is -2.28. The van der Waals surface area contributed by atoms with Gasteiger partial charge in [-0.2, -0.15) is 0 Å². The van der Waals surface area contributed by atoms with Gasteiger partial charge >= 0.3 is 0 Å². The van der Waals surface area contributed by atoms with Crippen molar-refractivity contribution in [3.63, 3.8) is 0 Å². The zero-order valence-electron chi connectivity index (χ0n) is 11.3. The van der Waals surface area contributed by atoms with E-state index in [9.17, 15) is 4.79 Å². The Morgan fingerprint density at radius 1 is 1.39 bits per heavy atom. The fraction of sp³-hybridized carbons (Fsp3) is 0.533. The van der Waals surface area contributed by atoms with Gasteiger partial charge in [0.25, 0.3) is 0 Å². The molecular weight excluding hydrogens is 224 g/mol. The number of rotatable bonds is 3. The number of benzene rings is 1. The molecule has 1 amide bonds. The fourth-order valence-corrected chi connectivity index (χ4v) is 2.43. The summed E-state index contributed by atoms with van der Waals surface area (Å²) in [4.78, 5) is 14.3. The molecule has 1 aromatic carbocycles. The van der Waals surface area contributed by atoms with E-state index in [0.717, 1.165) is 25.9 Å². The molecule has 0 aliphatic carbocycles. The summed E-state index contributed by atoms with van der Waals surface area (Å²) in [5.74, 6) is 0.413. The molecule has 1 aliphatic heterocycles. The summed E-state index contributed by atoms with van der Waals surface area (Å²) in [6, 6.07) is 8.28. The number of likely N-dealkylation sites (tertiary alicyclic amines) is 1. The van der Waals surface area contributed by atoms with Crippen molar-refractivity contribution in [1.82, 2.24) is 10.2 Å². The van der Waals surface area contributed by atoms with Crippen LogP contribution in [0.25, 0.3) is 0 Å². The zero-order valence-corrected chi connectivity index (χ0v) is 11.3. The molecule has 1 saturated heterocycles. The first-order valence-corrected chi connectivity index (χ1v) is 6.67. The summed E-state index contributed by atoms with van der Waals surface area (Å²) in [7, 11) is 2.11. The summed E-state index contributed by atoms with van der Waals surface area (Å²) in [6.07, 6.45) is 1.96. The predicted octanol–water partition coefficient (Wildman–Crippen LogP) is 1.95. The van der Waals surface area contributed by atoms with E-state index in [1.807, 2.05) is 6.07 Å². The quantitative estimate of drug-likeness (QED) is 0.884. The van der Waals surface area contributed by atoms with Gasteiger partial charge in [0.05, 0.1) is 0 Å². The minimum absolute atomic E-state index is 0.200. The van der Waals surface area contributed by atoms with Crippen LogP contribution in [-0.2, 0) is 11.3 Å². The van der Waals surface area contributed by atoms with Crippen LogP contribution in [0.1, 0.15) is 24.0 Å².